The predicted molar refractivity (Wildman–Crippen MR) is 53.6 cm³/mol. The molecule has 0 saturated heterocycles. The number of aliphatic hydroxyl groups is 1. The molecule has 78 valence electrons. The number of ether oxygens (including phenoxy) is 1. The molecule has 0 heterocycles. The zero-order valence-electron chi connectivity index (χ0n) is 8.83. The second kappa shape index (κ2) is 5.61. The third-order valence-electron chi connectivity index (χ3n) is 3.21. The van der Waals surface area contributed by atoms with Crippen LogP contribution in [0.15, 0.2) is 0 Å². The van der Waals surface area contributed by atoms with Crippen molar-refractivity contribution in [2.45, 2.75) is 45.6 Å². The van der Waals surface area contributed by atoms with Gasteiger partial charge in [0.15, 0.2) is 0 Å². The summed E-state index contributed by atoms with van der Waals surface area (Å²) in [5.41, 5.74) is 0. The van der Waals surface area contributed by atoms with E-state index in [0.717, 1.165) is 24.9 Å². The van der Waals surface area contributed by atoms with Gasteiger partial charge in [-0.25, -0.2) is 0 Å². The molecule has 1 fully saturated rings. The summed E-state index contributed by atoms with van der Waals surface area (Å²) in [5, 5.41) is 8.61. The lowest BCUT2D eigenvalue weighted by Crippen LogP contribution is -2.27. The van der Waals surface area contributed by atoms with Crippen molar-refractivity contribution in [3.8, 4) is 0 Å². The SMILES string of the molecule is CC1CCC(OCCCO)CC1C. The Morgan fingerprint density at radius 3 is 2.62 bits per heavy atom. The lowest BCUT2D eigenvalue weighted by molar-refractivity contribution is -0.00248. The normalized spacial score (nSPS) is 34.8. The van der Waals surface area contributed by atoms with Gasteiger partial charge in [-0.1, -0.05) is 13.8 Å². The van der Waals surface area contributed by atoms with Crippen molar-refractivity contribution in [2.75, 3.05) is 13.2 Å². The number of rotatable bonds is 4. The van der Waals surface area contributed by atoms with E-state index in [0.29, 0.717) is 6.10 Å². The van der Waals surface area contributed by atoms with E-state index < -0.39 is 0 Å². The Bertz CT molecular complexity index is 136. The van der Waals surface area contributed by atoms with Crippen LogP contribution in [0.2, 0.25) is 0 Å². The smallest absolute Gasteiger partial charge is 0.0577 e. The minimum absolute atomic E-state index is 0.249. The Hall–Kier alpha value is -0.0800. The molecule has 0 aromatic carbocycles. The average molecular weight is 186 g/mol. The van der Waals surface area contributed by atoms with Gasteiger partial charge in [-0.15, -0.1) is 0 Å². The van der Waals surface area contributed by atoms with E-state index in [2.05, 4.69) is 13.8 Å². The molecule has 1 aliphatic carbocycles. The molecular weight excluding hydrogens is 164 g/mol. The maximum atomic E-state index is 8.61. The summed E-state index contributed by atoms with van der Waals surface area (Å²) in [6, 6.07) is 0. The highest BCUT2D eigenvalue weighted by Gasteiger charge is 2.24. The van der Waals surface area contributed by atoms with E-state index in [4.69, 9.17) is 9.84 Å². The van der Waals surface area contributed by atoms with Crippen molar-refractivity contribution >= 4 is 0 Å². The molecule has 1 rings (SSSR count). The first kappa shape index (κ1) is 11.0. The first-order valence-corrected chi connectivity index (χ1v) is 5.46. The molecule has 0 aromatic heterocycles. The Kier molecular flexibility index (Phi) is 4.74. The Morgan fingerprint density at radius 1 is 1.23 bits per heavy atom. The van der Waals surface area contributed by atoms with Crippen LogP contribution in [-0.4, -0.2) is 24.4 Å². The molecule has 3 unspecified atom stereocenters. The monoisotopic (exact) mass is 186 g/mol. The maximum absolute atomic E-state index is 8.61. The first-order valence-electron chi connectivity index (χ1n) is 5.46. The maximum Gasteiger partial charge on any atom is 0.0577 e. The van der Waals surface area contributed by atoms with Gasteiger partial charge >= 0.3 is 0 Å². The van der Waals surface area contributed by atoms with Gasteiger partial charge in [-0.05, 0) is 37.5 Å². The number of hydrogen-bond donors (Lipinski definition) is 1. The van der Waals surface area contributed by atoms with Gasteiger partial charge in [0.1, 0.15) is 0 Å². The Morgan fingerprint density at radius 2 is 2.00 bits per heavy atom. The van der Waals surface area contributed by atoms with Crippen molar-refractivity contribution in [1.82, 2.24) is 0 Å². The molecule has 0 amide bonds. The summed E-state index contributed by atoms with van der Waals surface area (Å²) < 4.78 is 5.68. The molecule has 3 atom stereocenters. The zero-order valence-corrected chi connectivity index (χ0v) is 8.83. The topological polar surface area (TPSA) is 29.5 Å². The quantitative estimate of drug-likeness (QED) is 0.682. The lowest BCUT2D eigenvalue weighted by Gasteiger charge is -2.31. The molecular formula is C11H22O2. The van der Waals surface area contributed by atoms with Crippen LogP contribution < -0.4 is 0 Å². The molecule has 0 aromatic rings. The van der Waals surface area contributed by atoms with E-state index in [-0.39, 0.29) is 6.61 Å². The highest BCUT2D eigenvalue weighted by atomic mass is 16.5. The third-order valence-corrected chi connectivity index (χ3v) is 3.21. The van der Waals surface area contributed by atoms with Gasteiger partial charge in [0, 0.05) is 13.2 Å². The van der Waals surface area contributed by atoms with E-state index in [1.165, 1.54) is 19.3 Å². The van der Waals surface area contributed by atoms with E-state index in [1.807, 2.05) is 0 Å². The van der Waals surface area contributed by atoms with Crippen LogP contribution in [0.1, 0.15) is 39.5 Å². The second-order valence-corrected chi connectivity index (χ2v) is 4.34. The van der Waals surface area contributed by atoms with Crippen molar-refractivity contribution in [3.05, 3.63) is 0 Å². The zero-order chi connectivity index (χ0) is 9.68. The van der Waals surface area contributed by atoms with Crippen molar-refractivity contribution in [1.29, 1.82) is 0 Å². The van der Waals surface area contributed by atoms with Crippen LogP contribution in [0.3, 0.4) is 0 Å². The van der Waals surface area contributed by atoms with Crippen LogP contribution in [0.4, 0.5) is 0 Å². The fourth-order valence-corrected chi connectivity index (χ4v) is 1.96. The summed E-state index contributed by atoms with van der Waals surface area (Å²) in [5.74, 6) is 1.66. The number of hydrogen-bond acceptors (Lipinski definition) is 2. The standard InChI is InChI=1S/C11H22O2/c1-9-4-5-11(8-10(9)2)13-7-3-6-12/h9-12H,3-8H2,1-2H3. The summed E-state index contributed by atoms with van der Waals surface area (Å²) >= 11 is 0. The molecule has 1 N–H and O–H groups in total. The molecule has 0 spiro atoms. The van der Waals surface area contributed by atoms with Crippen LogP contribution in [-0.2, 0) is 4.74 Å². The van der Waals surface area contributed by atoms with Gasteiger partial charge < -0.3 is 9.84 Å². The highest BCUT2D eigenvalue weighted by molar-refractivity contribution is 4.75. The van der Waals surface area contributed by atoms with Crippen LogP contribution >= 0.6 is 0 Å². The summed E-state index contributed by atoms with van der Waals surface area (Å²) in [7, 11) is 0. The van der Waals surface area contributed by atoms with Crippen LogP contribution in [0.5, 0.6) is 0 Å². The van der Waals surface area contributed by atoms with Crippen LogP contribution in [0.25, 0.3) is 0 Å². The molecule has 13 heavy (non-hydrogen) atoms. The molecule has 2 nitrogen and oxygen atoms in total. The van der Waals surface area contributed by atoms with Gasteiger partial charge in [0.05, 0.1) is 6.10 Å². The molecule has 0 radical (unpaired) electrons. The minimum Gasteiger partial charge on any atom is -0.396 e. The summed E-state index contributed by atoms with van der Waals surface area (Å²) in [4.78, 5) is 0. The largest absolute Gasteiger partial charge is 0.396 e. The molecule has 2 heteroatoms. The number of aliphatic hydroxyl groups excluding tert-OH is 1. The fraction of sp³-hybridized carbons (Fsp3) is 1.00. The van der Waals surface area contributed by atoms with Crippen LogP contribution in [0, 0.1) is 11.8 Å². The van der Waals surface area contributed by atoms with Crippen molar-refractivity contribution < 1.29 is 9.84 Å². The Labute approximate surface area is 81.3 Å². The fourth-order valence-electron chi connectivity index (χ4n) is 1.96. The van der Waals surface area contributed by atoms with Gasteiger partial charge in [0.2, 0.25) is 0 Å². The lowest BCUT2D eigenvalue weighted by atomic mass is 9.80. The summed E-state index contributed by atoms with van der Waals surface area (Å²) in [6.45, 7) is 5.61. The minimum atomic E-state index is 0.249. The Balaban J connectivity index is 2.14. The van der Waals surface area contributed by atoms with Crippen molar-refractivity contribution in [2.24, 2.45) is 11.8 Å². The molecule has 0 aliphatic heterocycles. The molecule has 1 aliphatic rings. The molecule has 1 saturated carbocycles. The predicted octanol–water partition coefficient (Wildman–Crippen LogP) is 2.21. The second-order valence-electron chi connectivity index (χ2n) is 4.34. The van der Waals surface area contributed by atoms with E-state index >= 15 is 0 Å². The van der Waals surface area contributed by atoms with E-state index in [9.17, 15) is 0 Å². The van der Waals surface area contributed by atoms with Crippen molar-refractivity contribution in [3.63, 3.8) is 0 Å². The third kappa shape index (κ3) is 3.65. The van der Waals surface area contributed by atoms with Gasteiger partial charge in [-0.2, -0.15) is 0 Å². The average Bonchev–Trinajstić information content (AvgIpc) is 2.12. The molecule has 0 bridgehead atoms. The van der Waals surface area contributed by atoms with Gasteiger partial charge in [-0.3, -0.25) is 0 Å². The van der Waals surface area contributed by atoms with Gasteiger partial charge in [0.25, 0.3) is 0 Å². The van der Waals surface area contributed by atoms with E-state index in [1.54, 1.807) is 0 Å². The summed E-state index contributed by atoms with van der Waals surface area (Å²) in [6.07, 6.45) is 4.94. The first-order chi connectivity index (χ1) is 6.24. The highest BCUT2D eigenvalue weighted by Crippen LogP contribution is 2.30.